The summed E-state index contributed by atoms with van der Waals surface area (Å²) in [5.74, 6) is -2.11. The van der Waals surface area contributed by atoms with Crippen LogP contribution in [0, 0.1) is 0 Å². The van der Waals surface area contributed by atoms with Gasteiger partial charge in [0.05, 0.1) is 17.0 Å². The third kappa shape index (κ3) is 5.58. The molecule has 11 heteroatoms. The normalized spacial score (nSPS) is 27.0. The van der Waals surface area contributed by atoms with E-state index < -0.39 is 45.6 Å². The van der Waals surface area contributed by atoms with Crippen molar-refractivity contribution < 1.29 is 32.6 Å². The minimum Gasteiger partial charge on any atom is -0.480 e. The lowest BCUT2D eigenvalue weighted by Crippen LogP contribution is -2.45. The summed E-state index contributed by atoms with van der Waals surface area (Å²) in [5, 5.41) is 21.9. The number of alkyl halides is 1. The van der Waals surface area contributed by atoms with Gasteiger partial charge in [-0.3, -0.25) is 9.59 Å². The van der Waals surface area contributed by atoms with Crippen molar-refractivity contribution in [1.29, 1.82) is 0 Å². The standard InChI is InChI=1S/C20H22ClFN2O6S/c21-13-2-1-3-15(9-13)31(29,30)24-17(19(27)28)8-12-4-6-20(22,7-5-12)18(26)16-10-14(25)11-23-16/h1-6,9,14,16-17,23-25H,7-8,10-11H2,(H,27,28)/t14-,16+,17+,20+/m1/s1. The van der Waals surface area contributed by atoms with Gasteiger partial charge in [-0.15, -0.1) is 0 Å². The summed E-state index contributed by atoms with van der Waals surface area (Å²) < 4.78 is 42.2. The van der Waals surface area contributed by atoms with Crippen LogP contribution >= 0.6 is 11.6 Å². The molecule has 0 aromatic heterocycles. The summed E-state index contributed by atoms with van der Waals surface area (Å²) in [6, 6.07) is 3.09. The predicted octanol–water partition coefficient (Wildman–Crippen LogP) is 1.35. The molecule has 0 bridgehead atoms. The van der Waals surface area contributed by atoms with E-state index in [0.29, 0.717) is 5.57 Å². The van der Waals surface area contributed by atoms with E-state index in [9.17, 15) is 28.2 Å². The summed E-state index contributed by atoms with van der Waals surface area (Å²) in [7, 11) is -4.16. The van der Waals surface area contributed by atoms with Crippen molar-refractivity contribution in [2.45, 2.75) is 48.0 Å². The van der Waals surface area contributed by atoms with E-state index >= 15 is 4.39 Å². The van der Waals surface area contributed by atoms with Crippen molar-refractivity contribution in [3.63, 3.8) is 0 Å². The van der Waals surface area contributed by atoms with Crippen molar-refractivity contribution in [3.8, 4) is 0 Å². The minimum atomic E-state index is -4.16. The van der Waals surface area contributed by atoms with E-state index in [-0.39, 0.29) is 35.7 Å². The van der Waals surface area contributed by atoms with Gasteiger partial charge in [-0.05, 0) is 42.7 Å². The SMILES string of the molecule is O=C(O)[C@H](CC1=CC[C@](F)(C(=O)[C@@H]2C[C@@H](O)CN2)C=C1)NS(=O)(=O)c1cccc(Cl)c1. The molecule has 3 rings (SSSR count). The molecular weight excluding hydrogens is 451 g/mol. The summed E-state index contributed by atoms with van der Waals surface area (Å²) >= 11 is 5.80. The first kappa shape index (κ1) is 23.6. The van der Waals surface area contributed by atoms with Crippen molar-refractivity contribution in [2.24, 2.45) is 0 Å². The van der Waals surface area contributed by atoms with Crippen LogP contribution in [0.4, 0.5) is 4.39 Å². The molecule has 2 aliphatic rings. The number of carboxylic acid groups (broad SMARTS) is 1. The van der Waals surface area contributed by atoms with E-state index in [0.717, 1.165) is 6.08 Å². The number of rotatable bonds is 8. The first-order valence-corrected chi connectivity index (χ1v) is 11.4. The molecule has 1 aromatic carbocycles. The number of aliphatic hydroxyl groups excluding tert-OH is 1. The second-order valence-corrected chi connectivity index (χ2v) is 9.72. The number of aliphatic carboxylic acids is 1. The molecule has 1 aromatic rings. The average molecular weight is 473 g/mol. The molecule has 1 fully saturated rings. The number of carboxylic acids is 1. The predicted molar refractivity (Wildman–Crippen MR) is 111 cm³/mol. The smallest absolute Gasteiger partial charge is 0.322 e. The number of allylic oxidation sites excluding steroid dienone is 3. The molecule has 1 heterocycles. The first-order chi connectivity index (χ1) is 14.5. The van der Waals surface area contributed by atoms with Gasteiger partial charge in [0.1, 0.15) is 6.04 Å². The molecule has 4 atom stereocenters. The average Bonchev–Trinajstić information content (AvgIpc) is 3.14. The molecular formula is C20H22ClFN2O6S. The Bertz CT molecular complexity index is 1040. The molecule has 168 valence electrons. The number of ketones is 1. The zero-order chi connectivity index (χ0) is 22.8. The third-order valence-electron chi connectivity index (χ3n) is 5.20. The van der Waals surface area contributed by atoms with Crippen LogP contribution in [-0.4, -0.2) is 60.8 Å². The fourth-order valence-electron chi connectivity index (χ4n) is 3.50. The van der Waals surface area contributed by atoms with Gasteiger partial charge in [-0.1, -0.05) is 29.8 Å². The van der Waals surface area contributed by atoms with Gasteiger partial charge in [0, 0.05) is 18.0 Å². The molecule has 4 N–H and O–H groups in total. The van der Waals surface area contributed by atoms with E-state index in [4.69, 9.17) is 11.6 Å². The van der Waals surface area contributed by atoms with Crippen LogP contribution in [0.2, 0.25) is 5.02 Å². The Balaban J connectivity index is 1.68. The van der Waals surface area contributed by atoms with Crippen LogP contribution in [0.25, 0.3) is 0 Å². The maximum Gasteiger partial charge on any atom is 0.322 e. The Kier molecular flexibility index (Phi) is 6.97. The Morgan fingerprint density at radius 3 is 2.68 bits per heavy atom. The molecule has 0 amide bonds. The number of hydrogen-bond acceptors (Lipinski definition) is 6. The monoisotopic (exact) mass is 472 g/mol. The Morgan fingerprint density at radius 2 is 2.13 bits per heavy atom. The molecule has 8 nitrogen and oxygen atoms in total. The van der Waals surface area contributed by atoms with Gasteiger partial charge in [0.15, 0.2) is 11.5 Å². The fraction of sp³-hybridized carbons (Fsp3) is 0.400. The van der Waals surface area contributed by atoms with E-state index in [1.165, 1.54) is 36.4 Å². The van der Waals surface area contributed by atoms with Gasteiger partial charge in [0.25, 0.3) is 0 Å². The lowest BCUT2D eigenvalue weighted by molar-refractivity contribution is -0.139. The molecule has 1 aliphatic carbocycles. The van der Waals surface area contributed by atoms with Crippen LogP contribution in [0.5, 0.6) is 0 Å². The zero-order valence-corrected chi connectivity index (χ0v) is 17.9. The van der Waals surface area contributed by atoms with Crippen molar-refractivity contribution in [2.75, 3.05) is 6.54 Å². The van der Waals surface area contributed by atoms with E-state index in [1.807, 2.05) is 0 Å². The molecule has 0 saturated carbocycles. The molecule has 0 spiro atoms. The Morgan fingerprint density at radius 1 is 1.39 bits per heavy atom. The molecule has 0 radical (unpaired) electrons. The Labute approximate surface area is 183 Å². The van der Waals surface area contributed by atoms with Gasteiger partial charge < -0.3 is 15.5 Å². The van der Waals surface area contributed by atoms with Gasteiger partial charge >= 0.3 is 5.97 Å². The summed E-state index contributed by atoms with van der Waals surface area (Å²) in [6.45, 7) is 0.213. The number of halogens is 2. The maximum atomic E-state index is 15.1. The number of β-amino-alcohol motifs (C(OH)–C–C–N with tert-alkyl or cyclic N) is 1. The number of carbonyl (C=O) groups is 2. The number of Topliss-reactive ketones (excluding diaryl/α,β-unsaturated/α-hetero) is 1. The van der Waals surface area contributed by atoms with Crippen LogP contribution in [0.15, 0.2) is 53.0 Å². The highest BCUT2D eigenvalue weighted by molar-refractivity contribution is 7.89. The highest BCUT2D eigenvalue weighted by atomic mass is 35.5. The largest absolute Gasteiger partial charge is 0.480 e. The fourth-order valence-corrected chi connectivity index (χ4v) is 4.99. The number of benzene rings is 1. The molecule has 31 heavy (non-hydrogen) atoms. The zero-order valence-electron chi connectivity index (χ0n) is 16.3. The second-order valence-electron chi connectivity index (χ2n) is 7.57. The minimum absolute atomic E-state index is 0.126. The van der Waals surface area contributed by atoms with E-state index in [2.05, 4.69) is 10.0 Å². The van der Waals surface area contributed by atoms with Gasteiger partial charge in [-0.25, -0.2) is 12.8 Å². The van der Waals surface area contributed by atoms with Gasteiger partial charge in [-0.2, -0.15) is 4.72 Å². The van der Waals surface area contributed by atoms with Crippen molar-refractivity contribution >= 4 is 33.4 Å². The van der Waals surface area contributed by atoms with Crippen LogP contribution < -0.4 is 10.0 Å². The number of aliphatic hydroxyl groups is 1. The number of carbonyl (C=O) groups excluding carboxylic acids is 1. The quantitative estimate of drug-likeness (QED) is 0.449. The lowest BCUT2D eigenvalue weighted by atomic mass is 9.85. The second kappa shape index (κ2) is 9.17. The van der Waals surface area contributed by atoms with E-state index in [1.54, 1.807) is 0 Å². The lowest BCUT2D eigenvalue weighted by Gasteiger charge is -2.26. The topological polar surface area (TPSA) is 133 Å². The first-order valence-electron chi connectivity index (χ1n) is 9.54. The summed E-state index contributed by atoms with van der Waals surface area (Å²) in [5.41, 5.74) is -1.90. The number of hydrogen-bond donors (Lipinski definition) is 4. The van der Waals surface area contributed by atoms with Crippen LogP contribution in [0.1, 0.15) is 19.3 Å². The molecule has 1 aliphatic heterocycles. The third-order valence-corrected chi connectivity index (χ3v) is 6.90. The number of sulfonamides is 1. The van der Waals surface area contributed by atoms with Crippen LogP contribution in [-0.2, 0) is 19.6 Å². The molecule has 0 unspecified atom stereocenters. The van der Waals surface area contributed by atoms with Crippen molar-refractivity contribution in [3.05, 3.63) is 53.1 Å². The number of nitrogens with one attached hydrogen (secondary N) is 2. The summed E-state index contributed by atoms with van der Waals surface area (Å²) in [4.78, 5) is 23.9. The highest BCUT2D eigenvalue weighted by Crippen LogP contribution is 2.30. The Hall–Kier alpha value is -2.11. The maximum absolute atomic E-state index is 15.1. The highest BCUT2D eigenvalue weighted by Gasteiger charge is 2.43. The molecule has 1 saturated heterocycles. The van der Waals surface area contributed by atoms with Crippen molar-refractivity contribution in [1.82, 2.24) is 10.0 Å². The van der Waals surface area contributed by atoms with Gasteiger partial charge in [0.2, 0.25) is 10.0 Å². The van der Waals surface area contributed by atoms with Crippen LogP contribution in [0.3, 0.4) is 0 Å². The summed E-state index contributed by atoms with van der Waals surface area (Å²) in [6.07, 6.45) is 2.60.